The zero-order valence-corrected chi connectivity index (χ0v) is 12.2. The van der Waals surface area contributed by atoms with E-state index in [1.165, 1.54) is 0 Å². The van der Waals surface area contributed by atoms with Crippen LogP contribution < -0.4 is 9.46 Å². The van der Waals surface area contributed by atoms with Crippen LogP contribution in [0.25, 0.3) is 0 Å². The number of nitriles is 1. The molecule has 0 unspecified atom stereocenters. The second-order valence-electron chi connectivity index (χ2n) is 3.59. The van der Waals surface area contributed by atoms with Crippen LogP contribution in [0.2, 0.25) is 10.0 Å². The second-order valence-corrected chi connectivity index (χ2v) is 6.24. The van der Waals surface area contributed by atoms with Gasteiger partial charge in [-0.25, -0.2) is 13.1 Å². The van der Waals surface area contributed by atoms with E-state index in [2.05, 4.69) is 4.72 Å². The van der Waals surface area contributed by atoms with Crippen molar-refractivity contribution in [2.24, 2.45) is 0 Å². The minimum Gasteiger partial charge on any atom is -0.492 e. The zero-order valence-electron chi connectivity index (χ0n) is 9.90. The van der Waals surface area contributed by atoms with E-state index in [0.717, 1.165) is 0 Å². The van der Waals surface area contributed by atoms with Crippen molar-refractivity contribution in [3.05, 3.63) is 28.2 Å². The first-order valence-corrected chi connectivity index (χ1v) is 7.77. The van der Waals surface area contributed by atoms with Crippen LogP contribution in [0.1, 0.15) is 6.42 Å². The molecule has 0 fully saturated rings. The summed E-state index contributed by atoms with van der Waals surface area (Å²) in [7, 11) is -3.50. The fourth-order valence-electron chi connectivity index (χ4n) is 1.21. The average molecular weight is 323 g/mol. The molecule has 19 heavy (non-hydrogen) atoms. The van der Waals surface area contributed by atoms with Crippen molar-refractivity contribution in [3.8, 4) is 11.8 Å². The molecule has 0 atom stereocenters. The summed E-state index contributed by atoms with van der Waals surface area (Å²) in [6.07, 6.45) is 0.462. The van der Waals surface area contributed by atoms with E-state index in [-0.39, 0.29) is 6.54 Å². The molecule has 0 saturated carbocycles. The highest BCUT2D eigenvalue weighted by atomic mass is 35.5. The molecule has 1 aromatic carbocycles. The third kappa shape index (κ3) is 6.12. The van der Waals surface area contributed by atoms with Crippen molar-refractivity contribution in [1.82, 2.24) is 4.72 Å². The molecule has 0 aliphatic rings. The number of benzene rings is 1. The van der Waals surface area contributed by atoms with Gasteiger partial charge in [0.05, 0.1) is 17.7 Å². The summed E-state index contributed by atoms with van der Waals surface area (Å²) in [5, 5.41) is 9.20. The van der Waals surface area contributed by atoms with Crippen LogP contribution in [0.4, 0.5) is 0 Å². The number of nitrogens with one attached hydrogen (secondary N) is 1. The molecule has 0 bridgehead atoms. The van der Waals surface area contributed by atoms with Gasteiger partial charge in [0, 0.05) is 11.6 Å². The molecule has 0 spiro atoms. The lowest BCUT2D eigenvalue weighted by atomic mass is 10.3. The quantitative estimate of drug-likeness (QED) is 0.780. The molecule has 1 rings (SSSR count). The molecule has 0 aromatic heterocycles. The van der Waals surface area contributed by atoms with Crippen molar-refractivity contribution < 1.29 is 13.2 Å². The Kier molecular flexibility index (Phi) is 6.38. The van der Waals surface area contributed by atoms with E-state index in [0.29, 0.717) is 28.8 Å². The van der Waals surface area contributed by atoms with E-state index >= 15 is 0 Å². The molecule has 0 aliphatic carbocycles. The lowest BCUT2D eigenvalue weighted by molar-refractivity contribution is 0.312. The fraction of sp³-hybridized carbons (Fsp3) is 0.364. The van der Waals surface area contributed by atoms with Crippen LogP contribution in [0.3, 0.4) is 0 Å². The largest absolute Gasteiger partial charge is 0.492 e. The molecular weight excluding hydrogens is 311 g/mol. The van der Waals surface area contributed by atoms with E-state index in [4.69, 9.17) is 33.2 Å². The Bertz CT molecular complexity index is 570. The number of hydrogen-bond donors (Lipinski definition) is 1. The van der Waals surface area contributed by atoms with E-state index in [1.807, 2.05) is 0 Å². The maximum atomic E-state index is 11.1. The lowest BCUT2D eigenvalue weighted by Gasteiger charge is -2.08. The monoisotopic (exact) mass is 322 g/mol. The summed E-state index contributed by atoms with van der Waals surface area (Å²) in [5.41, 5.74) is 0. The van der Waals surface area contributed by atoms with Crippen LogP contribution in [0, 0.1) is 11.3 Å². The van der Waals surface area contributed by atoms with Crippen molar-refractivity contribution in [2.75, 3.05) is 18.9 Å². The SMILES string of the molecule is N#CCS(=O)(=O)NCCCOc1ccc(Cl)cc1Cl. The number of sulfonamides is 1. The van der Waals surface area contributed by atoms with Gasteiger partial charge in [-0.1, -0.05) is 23.2 Å². The summed E-state index contributed by atoms with van der Waals surface area (Å²) in [5.74, 6) is -0.0532. The van der Waals surface area contributed by atoms with Gasteiger partial charge in [-0.15, -0.1) is 0 Å². The Morgan fingerprint density at radius 1 is 1.37 bits per heavy atom. The summed E-state index contributed by atoms with van der Waals surface area (Å²) in [4.78, 5) is 0. The Labute approximate surface area is 122 Å². The van der Waals surface area contributed by atoms with Crippen molar-refractivity contribution >= 4 is 33.2 Å². The first-order chi connectivity index (χ1) is 8.94. The van der Waals surface area contributed by atoms with E-state index < -0.39 is 15.8 Å². The Balaban J connectivity index is 2.30. The topological polar surface area (TPSA) is 79.2 Å². The van der Waals surface area contributed by atoms with E-state index in [1.54, 1.807) is 24.3 Å². The smallest absolute Gasteiger partial charge is 0.225 e. The van der Waals surface area contributed by atoms with Gasteiger partial charge < -0.3 is 4.74 Å². The van der Waals surface area contributed by atoms with Gasteiger partial charge in [0.2, 0.25) is 10.0 Å². The molecule has 0 heterocycles. The van der Waals surface area contributed by atoms with Crippen LogP contribution in [-0.2, 0) is 10.0 Å². The Morgan fingerprint density at radius 2 is 2.11 bits per heavy atom. The summed E-state index contributed by atoms with van der Waals surface area (Å²) < 4.78 is 30.0. The van der Waals surface area contributed by atoms with Crippen LogP contribution in [0.5, 0.6) is 5.75 Å². The Morgan fingerprint density at radius 3 is 2.74 bits per heavy atom. The summed E-state index contributed by atoms with van der Waals surface area (Å²) in [6.45, 7) is 0.506. The molecule has 0 aliphatic heterocycles. The number of ether oxygens (including phenoxy) is 1. The van der Waals surface area contributed by atoms with Gasteiger partial charge >= 0.3 is 0 Å². The minimum atomic E-state index is -3.50. The average Bonchev–Trinajstić information content (AvgIpc) is 2.31. The number of nitrogens with zero attached hydrogens (tertiary/aromatic N) is 1. The number of halogens is 2. The van der Waals surface area contributed by atoms with Gasteiger partial charge in [-0.3, -0.25) is 0 Å². The second kappa shape index (κ2) is 7.56. The van der Waals surface area contributed by atoms with Gasteiger partial charge in [-0.2, -0.15) is 5.26 Å². The highest BCUT2D eigenvalue weighted by Crippen LogP contribution is 2.27. The van der Waals surface area contributed by atoms with Gasteiger partial charge in [-0.05, 0) is 24.6 Å². The maximum absolute atomic E-state index is 11.1. The van der Waals surface area contributed by atoms with Crippen molar-refractivity contribution in [3.63, 3.8) is 0 Å². The predicted molar refractivity (Wildman–Crippen MR) is 74.0 cm³/mol. The molecule has 1 N–H and O–H groups in total. The standard InChI is InChI=1S/C11H12Cl2N2O3S/c12-9-2-3-11(10(13)8-9)18-6-1-5-15-19(16,17)7-4-14/h2-3,8,15H,1,5-7H2. The molecule has 1 aromatic rings. The molecule has 8 heteroatoms. The van der Waals surface area contributed by atoms with Gasteiger partial charge in [0.15, 0.2) is 5.75 Å². The van der Waals surface area contributed by atoms with Crippen LogP contribution in [-0.4, -0.2) is 27.3 Å². The van der Waals surface area contributed by atoms with Gasteiger partial charge in [0.1, 0.15) is 5.75 Å². The van der Waals surface area contributed by atoms with Gasteiger partial charge in [0.25, 0.3) is 0 Å². The lowest BCUT2D eigenvalue weighted by Crippen LogP contribution is -2.27. The third-order valence-corrected chi connectivity index (χ3v) is 3.73. The molecule has 0 saturated heterocycles. The summed E-state index contributed by atoms with van der Waals surface area (Å²) in [6, 6.07) is 6.43. The van der Waals surface area contributed by atoms with Crippen LogP contribution in [0.15, 0.2) is 18.2 Å². The molecule has 0 radical (unpaired) electrons. The minimum absolute atomic E-state index is 0.204. The van der Waals surface area contributed by atoms with Crippen molar-refractivity contribution in [2.45, 2.75) is 6.42 Å². The predicted octanol–water partition coefficient (Wildman–Crippen LogP) is 2.21. The van der Waals surface area contributed by atoms with Crippen LogP contribution >= 0.6 is 23.2 Å². The zero-order chi connectivity index (χ0) is 14.3. The molecule has 0 amide bonds. The number of rotatable bonds is 7. The number of hydrogen-bond acceptors (Lipinski definition) is 4. The maximum Gasteiger partial charge on any atom is 0.225 e. The van der Waals surface area contributed by atoms with Crippen molar-refractivity contribution in [1.29, 1.82) is 5.26 Å². The molecular formula is C11H12Cl2N2O3S. The first kappa shape index (κ1) is 16.1. The highest BCUT2D eigenvalue weighted by Gasteiger charge is 2.08. The van der Waals surface area contributed by atoms with E-state index in [9.17, 15) is 8.42 Å². The first-order valence-electron chi connectivity index (χ1n) is 5.37. The molecule has 104 valence electrons. The third-order valence-electron chi connectivity index (χ3n) is 2.05. The normalized spacial score (nSPS) is 11.0. The molecule has 5 nitrogen and oxygen atoms in total. The fourth-order valence-corrected chi connectivity index (χ4v) is 2.40. The summed E-state index contributed by atoms with van der Waals surface area (Å²) >= 11 is 11.6. The highest BCUT2D eigenvalue weighted by molar-refractivity contribution is 7.89. The Hall–Kier alpha value is -1.000.